The van der Waals surface area contributed by atoms with Gasteiger partial charge in [-0.2, -0.15) is 5.10 Å². The summed E-state index contributed by atoms with van der Waals surface area (Å²) in [5, 5.41) is 9.80. The van der Waals surface area contributed by atoms with Crippen LogP contribution < -0.4 is 15.4 Å². The molecule has 0 spiro atoms. The molecule has 1 aromatic carbocycles. The van der Waals surface area contributed by atoms with Crippen molar-refractivity contribution in [2.45, 2.75) is 6.54 Å². The minimum absolute atomic E-state index is 0.0616. The van der Waals surface area contributed by atoms with E-state index in [1.165, 1.54) is 0 Å². The number of amides is 2. The van der Waals surface area contributed by atoms with E-state index in [-0.39, 0.29) is 18.4 Å². The van der Waals surface area contributed by atoms with Crippen LogP contribution in [0.1, 0.15) is 16.1 Å². The van der Waals surface area contributed by atoms with Crippen molar-refractivity contribution in [3.8, 4) is 5.75 Å². The topological polar surface area (TPSA) is 103 Å². The predicted octanol–water partition coefficient (Wildman–Crippen LogP) is 2.16. The number of carbonyl (C=O) groups excluding carboxylic acids is 2. The lowest BCUT2D eigenvalue weighted by atomic mass is 10.1. The zero-order chi connectivity index (χ0) is 19.8. The summed E-state index contributed by atoms with van der Waals surface area (Å²) in [7, 11) is 0. The highest BCUT2D eigenvalue weighted by atomic mass is 16.5. The van der Waals surface area contributed by atoms with Crippen LogP contribution in [0, 0.1) is 0 Å². The molecule has 0 saturated carbocycles. The predicted molar refractivity (Wildman–Crippen MR) is 105 cm³/mol. The van der Waals surface area contributed by atoms with Crippen molar-refractivity contribution in [1.29, 1.82) is 0 Å². The van der Waals surface area contributed by atoms with Gasteiger partial charge in [-0.3, -0.25) is 14.3 Å². The minimum Gasteiger partial charge on any atom is -0.482 e. The molecule has 9 heteroatoms. The molecule has 0 atom stereocenters. The summed E-state index contributed by atoms with van der Waals surface area (Å²) in [5.41, 5.74) is 3.29. The number of nitrogens with zero attached hydrogens (tertiary/aromatic N) is 4. The fourth-order valence-electron chi connectivity index (χ4n) is 3.16. The largest absolute Gasteiger partial charge is 0.482 e. The normalized spacial score (nSPS) is 12.9. The van der Waals surface area contributed by atoms with Gasteiger partial charge >= 0.3 is 0 Å². The first kappa shape index (κ1) is 17.0. The van der Waals surface area contributed by atoms with E-state index in [4.69, 9.17) is 4.74 Å². The van der Waals surface area contributed by atoms with Gasteiger partial charge in [0.05, 0.1) is 29.8 Å². The number of carbonyl (C=O) groups is 2. The zero-order valence-corrected chi connectivity index (χ0v) is 15.2. The first-order valence-electron chi connectivity index (χ1n) is 8.97. The van der Waals surface area contributed by atoms with Crippen LogP contribution in [-0.2, 0) is 11.3 Å². The number of imidazole rings is 1. The molecule has 1 aliphatic rings. The third-order valence-corrected chi connectivity index (χ3v) is 4.51. The van der Waals surface area contributed by atoms with Crippen molar-refractivity contribution in [1.82, 2.24) is 19.2 Å². The molecular weight excluding hydrogens is 372 g/mol. The molecule has 2 amide bonds. The molecule has 4 heterocycles. The average molecular weight is 388 g/mol. The summed E-state index contributed by atoms with van der Waals surface area (Å²) >= 11 is 0. The van der Waals surface area contributed by atoms with Crippen LogP contribution in [0.25, 0.3) is 5.65 Å². The van der Waals surface area contributed by atoms with Crippen LogP contribution in [0.5, 0.6) is 5.75 Å². The molecule has 0 aliphatic carbocycles. The molecule has 5 rings (SSSR count). The number of ether oxygens (including phenoxy) is 1. The van der Waals surface area contributed by atoms with Gasteiger partial charge < -0.3 is 19.8 Å². The number of pyridine rings is 1. The summed E-state index contributed by atoms with van der Waals surface area (Å²) in [6.07, 6.45) is 7.22. The number of nitrogens with one attached hydrogen (secondary N) is 2. The summed E-state index contributed by atoms with van der Waals surface area (Å²) in [6.45, 7) is 0.428. The van der Waals surface area contributed by atoms with E-state index in [1.54, 1.807) is 35.3 Å². The molecule has 3 aromatic heterocycles. The summed E-state index contributed by atoms with van der Waals surface area (Å²) in [4.78, 5) is 28.4. The number of aromatic nitrogens is 4. The molecule has 9 nitrogen and oxygen atoms in total. The van der Waals surface area contributed by atoms with Crippen molar-refractivity contribution in [3.05, 3.63) is 72.4 Å². The monoisotopic (exact) mass is 388 g/mol. The highest BCUT2D eigenvalue weighted by Gasteiger charge is 2.18. The maximum absolute atomic E-state index is 12.5. The van der Waals surface area contributed by atoms with E-state index in [2.05, 4.69) is 20.7 Å². The Labute approximate surface area is 164 Å². The van der Waals surface area contributed by atoms with Crippen LogP contribution in [0.3, 0.4) is 0 Å². The molecule has 4 aromatic rings. The molecule has 144 valence electrons. The SMILES string of the molecule is O=C1COc2cc(C(=O)Nc3cnn(Cc4cn5ccccc5n4)c3)ccc2N1. The van der Waals surface area contributed by atoms with E-state index < -0.39 is 0 Å². The third-order valence-electron chi connectivity index (χ3n) is 4.51. The molecular formula is C20H16N6O3. The molecule has 1 aliphatic heterocycles. The molecule has 2 N–H and O–H groups in total. The lowest BCUT2D eigenvalue weighted by molar-refractivity contribution is -0.118. The number of anilines is 2. The highest BCUT2D eigenvalue weighted by molar-refractivity contribution is 6.05. The van der Waals surface area contributed by atoms with E-state index in [9.17, 15) is 9.59 Å². The van der Waals surface area contributed by atoms with Crippen molar-refractivity contribution in [2.24, 2.45) is 0 Å². The van der Waals surface area contributed by atoms with Gasteiger partial charge in [0.2, 0.25) is 0 Å². The van der Waals surface area contributed by atoms with Gasteiger partial charge in [0, 0.05) is 24.2 Å². The van der Waals surface area contributed by atoms with Gasteiger partial charge in [0.1, 0.15) is 11.4 Å². The Morgan fingerprint density at radius 2 is 2.17 bits per heavy atom. The number of rotatable bonds is 4. The second-order valence-corrected chi connectivity index (χ2v) is 6.63. The van der Waals surface area contributed by atoms with Crippen LogP contribution in [0.2, 0.25) is 0 Å². The summed E-state index contributed by atoms with van der Waals surface area (Å²) in [6, 6.07) is 10.7. The quantitative estimate of drug-likeness (QED) is 0.558. The standard InChI is InChI=1S/C20H16N6O3/c27-19-12-29-17-7-13(4-5-16(17)24-19)20(28)23-14-8-21-26(10-14)11-15-9-25-6-2-1-3-18(25)22-15/h1-10H,11-12H2,(H,23,28)(H,24,27). The average Bonchev–Trinajstić information content (AvgIpc) is 3.33. The van der Waals surface area contributed by atoms with Crippen LogP contribution in [0.15, 0.2) is 61.2 Å². The van der Waals surface area contributed by atoms with E-state index in [0.29, 0.717) is 29.2 Å². The summed E-state index contributed by atoms with van der Waals surface area (Å²) in [5.74, 6) is -0.0342. The van der Waals surface area contributed by atoms with Crippen LogP contribution in [-0.4, -0.2) is 37.6 Å². The lowest BCUT2D eigenvalue weighted by Gasteiger charge is -2.18. The van der Waals surface area contributed by atoms with E-state index in [0.717, 1.165) is 11.3 Å². The Morgan fingerprint density at radius 1 is 1.24 bits per heavy atom. The fourth-order valence-corrected chi connectivity index (χ4v) is 3.16. The highest BCUT2D eigenvalue weighted by Crippen LogP contribution is 2.28. The van der Waals surface area contributed by atoms with Gasteiger partial charge in [0.15, 0.2) is 6.61 Å². The maximum Gasteiger partial charge on any atom is 0.262 e. The van der Waals surface area contributed by atoms with Gasteiger partial charge in [0.25, 0.3) is 11.8 Å². The zero-order valence-electron chi connectivity index (χ0n) is 15.2. The van der Waals surface area contributed by atoms with Crippen LogP contribution >= 0.6 is 0 Å². The Hall–Kier alpha value is -4.14. The third kappa shape index (κ3) is 3.41. The van der Waals surface area contributed by atoms with Gasteiger partial charge in [-0.1, -0.05) is 6.07 Å². The Balaban J connectivity index is 1.28. The minimum atomic E-state index is -0.291. The molecule has 0 unspecified atom stereocenters. The molecule has 0 bridgehead atoms. The van der Waals surface area contributed by atoms with Crippen LogP contribution in [0.4, 0.5) is 11.4 Å². The number of fused-ring (bicyclic) bond motifs is 2. The molecule has 0 radical (unpaired) electrons. The van der Waals surface area contributed by atoms with E-state index in [1.807, 2.05) is 35.0 Å². The Kier molecular flexibility index (Phi) is 3.98. The number of hydrogen-bond acceptors (Lipinski definition) is 5. The Bertz CT molecular complexity index is 1210. The van der Waals surface area contributed by atoms with Crippen molar-refractivity contribution >= 4 is 28.8 Å². The first-order chi connectivity index (χ1) is 14.1. The second kappa shape index (κ2) is 6.79. The molecule has 0 fully saturated rings. The second-order valence-electron chi connectivity index (χ2n) is 6.63. The van der Waals surface area contributed by atoms with Crippen molar-refractivity contribution in [2.75, 3.05) is 17.2 Å². The molecule has 0 saturated heterocycles. The lowest BCUT2D eigenvalue weighted by Crippen LogP contribution is -2.25. The van der Waals surface area contributed by atoms with Crippen molar-refractivity contribution < 1.29 is 14.3 Å². The van der Waals surface area contributed by atoms with Gasteiger partial charge in [-0.25, -0.2) is 4.98 Å². The summed E-state index contributed by atoms with van der Waals surface area (Å²) < 4.78 is 9.01. The molecule has 29 heavy (non-hydrogen) atoms. The van der Waals surface area contributed by atoms with E-state index >= 15 is 0 Å². The fraction of sp³-hybridized carbons (Fsp3) is 0.100. The number of hydrogen-bond donors (Lipinski definition) is 2. The van der Waals surface area contributed by atoms with Gasteiger partial charge in [-0.15, -0.1) is 0 Å². The first-order valence-corrected chi connectivity index (χ1v) is 8.97. The van der Waals surface area contributed by atoms with Crippen molar-refractivity contribution in [3.63, 3.8) is 0 Å². The van der Waals surface area contributed by atoms with Gasteiger partial charge in [-0.05, 0) is 30.3 Å². The number of benzene rings is 1. The smallest absolute Gasteiger partial charge is 0.262 e. The maximum atomic E-state index is 12.5. The Morgan fingerprint density at radius 3 is 3.07 bits per heavy atom.